The number of benzene rings is 2. The third kappa shape index (κ3) is 2.58. The number of ketones is 1. The van der Waals surface area contributed by atoms with Gasteiger partial charge in [0.25, 0.3) is 0 Å². The quantitative estimate of drug-likeness (QED) is 0.868. The zero-order valence-electron chi connectivity index (χ0n) is 11.9. The standard InChI is InChI=1S/C17H18O3/c1-11-9-10-14(17(20-3)12(11)2)16(19)15(18)13-7-5-4-6-8-13/h4-10,15,18H,1-3H3. The van der Waals surface area contributed by atoms with Gasteiger partial charge in [-0.2, -0.15) is 0 Å². The lowest BCUT2D eigenvalue weighted by atomic mass is 9.96. The van der Waals surface area contributed by atoms with Gasteiger partial charge in [-0.1, -0.05) is 36.4 Å². The molecular formula is C17H18O3. The zero-order chi connectivity index (χ0) is 14.7. The molecule has 0 radical (unpaired) electrons. The van der Waals surface area contributed by atoms with E-state index < -0.39 is 6.10 Å². The Kier molecular flexibility index (Phi) is 4.20. The zero-order valence-corrected chi connectivity index (χ0v) is 11.9. The summed E-state index contributed by atoms with van der Waals surface area (Å²) >= 11 is 0. The molecule has 2 aromatic rings. The lowest BCUT2D eigenvalue weighted by Crippen LogP contribution is -2.14. The molecule has 2 aromatic carbocycles. The van der Waals surface area contributed by atoms with E-state index in [1.807, 2.05) is 26.0 Å². The van der Waals surface area contributed by atoms with Gasteiger partial charge in [0.15, 0.2) is 5.78 Å². The Labute approximate surface area is 118 Å². The molecule has 0 heterocycles. The molecule has 0 spiro atoms. The molecular weight excluding hydrogens is 252 g/mol. The Morgan fingerprint density at radius 2 is 1.75 bits per heavy atom. The molecule has 20 heavy (non-hydrogen) atoms. The highest BCUT2D eigenvalue weighted by Crippen LogP contribution is 2.30. The van der Waals surface area contributed by atoms with Crippen LogP contribution in [0.5, 0.6) is 5.75 Å². The number of Topliss-reactive ketones (excluding diaryl/α,β-unsaturated/α-hetero) is 1. The number of ether oxygens (including phenoxy) is 1. The summed E-state index contributed by atoms with van der Waals surface area (Å²) in [6, 6.07) is 12.5. The molecule has 0 saturated heterocycles. The number of methoxy groups -OCH3 is 1. The number of aryl methyl sites for hydroxylation is 1. The van der Waals surface area contributed by atoms with E-state index in [0.717, 1.165) is 11.1 Å². The molecule has 3 nitrogen and oxygen atoms in total. The van der Waals surface area contributed by atoms with E-state index in [0.29, 0.717) is 16.9 Å². The van der Waals surface area contributed by atoms with Crippen LogP contribution in [0.2, 0.25) is 0 Å². The minimum Gasteiger partial charge on any atom is -0.496 e. The number of hydrogen-bond acceptors (Lipinski definition) is 3. The predicted octanol–water partition coefficient (Wildman–Crippen LogP) is 3.23. The molecule has 0 saturated carbocycles. The molecule has 2 rings (SSSR count). The van der Waals surface area contributed by atoms with E-state index in [1.165, 1.54) is 7.11 Å². The average molecular weight is 270 g/mol. The number of hydrogen-bond donors (Lipinski definition) is 1. The maximum atomic E-state index is 12.5. The van der Waals surface area contributed by atoms with Gasteiger partial charge in [0, 0.05) is 0 Å². The number of rotatable bonds is 4. The molecule has 1 atom stereocenters. The molecule has 0 aliphatic carbocycles. The predicted molar refractivity (Wildman–Crippen MR) is 78.2 cm³/mol. The smallest absolute Gasteiger partial charge is 0.199 e. The van der Waals surface area contributed by atoms with Gasteiger partial charge in [0.1, 0.15) is 11.9 Å². The number of carbonyl (C=O) groups is 1. The molecule has 1 unspecified atom stereocenters. The van der Waals surface area contributed by atoms with Gasteiger partial charge in [-0.15, -0.1) is 0 Å². The summed E-state index contributed by atoms with van der Waals surface area (Å²) < 4.78 is 5.33. The maximum Gasteiger partial charge on any atom is 0.199 e. The molecule has 0 amide bonds. The van der Waals surface area contributed by atoms with Gasteiger partial charge in [0.05, 0.1) is 12.7 Å². The van der Waals surface area contributed by atoms with Crippen molar-refractivity contribution >= 4 is 5.78 Å². The molecule has 3 heteroatoms. The molecule has 0 fully saturated rings. The first-order valence-electron chi connectivity index (χ1n) is 6.47. The molecule has 0 aliphatic heterocycles. The van der Waals surface area contributed by atoms with Crippen LogP contribution in [0.4, 0.5) is 0 Å². The van der Waals surface area contributed by atoms with Crippen molar-refractivity contribution in [2.45, 2.75) is 20.0 Å². The fourth-order valence-electron chi connectivity index (χ4n) is 2.18. The molecule has 0 aromatic heterocycles. The van der Waals surface area contributed by atoms with Crippen molar-refractivity contribution in [1.29, 1.82) is 0 Å². The van der Waals surface area contributed by atoms with Crippen molar-refractivity contribution in [2.24, 2.45) is 0 Å². The van der Waals surface area contributed by atoms with Crippen molar-refractivity contribution in [2.75, 3.05) is 7.11 Å². The van der Waals surface area contributed by atoms with Crippen LogP contribution in [-0.2, 0) is 0 Å². The van der Waals surface area contributed by atoms with E-state index >= 15 is 0 Å². The van der Waals surface area contributed by atoms with Crippen LogP contribution >= 0.6 is 0 Å². The van der Waals surface area contributed by atoms with Gasteiger partial charge in [-0.05, 0) is 36.6 Å². The highest BCUT2D eigenvalue weighted by atomic mass is 16.5. The van der Waals surface area contributed by atoms with Crippen LogP contribution in [0.1, 0.15) is 33.2 Å². The van der Waals surface area contributed by atoms with E-state index in [-0.39, 0.29) is 5.78 Å². The summed E-state index contributed by atoms with van der Waals surface area (Å²) in [5.41, 5.74) is 2.95. The number of aliphatic hydroxyl groups is 1. The van der Waals surface area contributed by atoms with E-state index in [2.05, 4.69) is 0 Å². The number of aliphatic hydroxyl groups excluding tert-OH is 1. The Balaban J connectivity index is 2.42. The van der Waals surface area contributed by atoms with Gasteiger partial charge in [0.2, 0.25) is 0 Å². The van der Waals surface area contributed by atoms with Gasteiger partial charge in [-0.25, -0.2) is 0 Å². The summed E-state index contributed by atoms with van der Waals surface area (Å²) in [5.74, 6) is 0.182. The molecule has 1 N–H and O–H groups in total. The van der Waals surface area contributed by atoms with Crippen LogP contribution in [0.25, 0.3) is 0 Å². The van der Waals surface area contributed by atoms with Crippen LogP contribution in [-0.4, -0.2) is 18.0 Å². The first-order valence-corrected chi connectivity index (χ1v) is 6.47. The van der Waals surface area contributed by atoms with Crippen molar-refractivity contribution in [3.05, 3.63) is 64.7 Å². The second-order valence-electron chi connectivity index (χ2n) is 4.77. The molecule has 104 valence electrons. The van der Waals surface area contributed by atoms with Crippen molar-refractivity contribution in [3.63, 3.8) is 0 Å². The Bertz CT molecular complexity index is 618. The van der Waals surface area contributed by atoms with Crippen LogP contribution in [0.3, 0.4) is 0 Å². The first kappa shape index (κ1) is 14.3. The number of carbonyl (C=O) groups excluding carboxylic acids is 1. The van der Waals surface area contributed by atoms with Gasteiger partial charge in [-0.3, -0.25) is 4.79 Å². The topological polar surface area (TPSA) is 46.5 Å². The minimum atomic E-state index is -1.17. The highest BCUT2D eigenvalue weighted by Gasteiger charge is 2.23. The average Bonchev–Trinajstić information content (AvgIpc) is 2.49. The lowest BCUT2D eigenvalue weighted by Gasteiger charge is -2.15. The normalized spacial score (nSPS) is 12.0. The second-order valence-corrected chi connectivity index (χ2v) is 4.77. The Morgan fingerprint density at radius 1 is 1.10 bits per heavy atom. The third-order valence-electron chi connectivity index (χ3n) is 3.51. The van der Waals surface area contributed by atoms with Crippen LogP contribution in [0, 0.1) is 13.8 Å². The van der Waals surface area contributed by atoms with E-state index in [9.17, 15) is 9.90 Å². The van der Waals surface area contributed by atoms with Gasteiger partial charge >= 0.3 is 0 Å². The monoisotopic (exact) mass is 270 g/mol. The van der Waals surface area contributed by atoms with Crippen LogP contribution in [0.15, 0.2) is 42.5 Å². The van der Waals surface area contributed by atoms with Crippen molar-refractivity contribution in [1.82, 2.24) is 0 Å². The van der Waals surface area contributed by atoms with Gasteiger partial charge < -0.3 is 9.84 Å². The summed E-state index contributed by atoms with van der Waals surface area (Å²) in [6.07, 6.45) is -1.17. The first-order chi connectivity index (χ1) is 9.56. The third-order valence-corrected chi connectivity index (χ3v) is 3.51. The largest absolute Gasteiger partial charge is 0.496 e. The van der Waals surface area contributed by atoms with Crippen molar-refractivity contribution in [3.8, 4) is 5.75 Å². The fourth-order valence-corrected chi connectivity index (χ4v) is 2.18. The Hall–Kier alpha value is -2.13. The summed E-state index contributed by atoms with van der Waals surface area (Å²) in [7, 11) is 1.54. The molecule has 0 aliphatic rings. The second kappa shape index (κ2) is 5.88. The molecule has 0 bridgehead atoms. The van der Waals surface area contributed by atoms with E-state index in [4.69, 9.17) is 4.74 Å². The van der Waals surface area contributed by atoms with E-state index in [1.54, 1.807) is 30.3 Å². The lowest BCUT2D eigenvalue weighted by molar-refractivity contribution is 0.0744. The fraction of sp³-hybridized carbons (Fsp3) is 0.235. The summed E-state index contributed by atoms with van der Waals surface area (Å²) in [5, 5.41) is 10.2. The Morgan fingerprint density at radius 3 is 2.35 bits per heavy atom. The minimum absolute atomic E-state index is 0.351. The van der Waals surface area contributed by atoms with Crippen molar-refractivity contribution < 1.29 is 14.6 Å². The summed E-state index contributed by atoms with van der Waals surface area (Å²) in [4.78, 5) is 12.5. The highest BCUT2D eigenvalue weighted by molar-refractivity contribution is 6.02. The van der Waals surface area contributed by atoms with Crippen LogP contribution < -0.4 is 4.74 Å². The maximum absolute atomic E-state index is 12.5. The summed E-state index contributed by atoms with van der Waals surface area (Å²) in [6.45, 7) is 3.86. The SMILES string of the molecule is COc1c(C(=O)C(O)c2ccccc2)ccc(C)c1C.